The summed E-state index contributed by atoms with van der Waals surface area (Å²) >= 11 is 0. The topological polar surface area (TPSA) is 72.9 Å². The molecular weight excluding hydrogens is 240 g/mol. The van der Waals surface area contributed by atoms with Gasteiger partial charge in [-0.25, -0.2) is 0 Å². The van der Waals surface area contributed by atoms with Gasteiger partial charge in [0.05, 0.1) is 6.20 Å². The number of benzene rings is 1. The van der Waals surface area contributed by atoms with E-state index in [1.807, 2.05) is 23.1 Å². The largest absolute Gasteiger partial charge is 0.381 e. The summed E-state index contributed by atoms with van der Waals surface area (Å²) in [4.78, 5) is 11.1. The highest BCUT2D eigenvalue weighted by Gasteiger charge is 2.03. The lowest BCUT2D eigenvalue weighted by Gasteiger charge is -2.06. The third kappa shape index (κ3) is 3.34. The van der Waals surface area contributed by atoms with Crippen LogP contribution in [0.2, 0.25) is 0 Å². The highest BCUT2D eigenvalue weighted by Crippen LogP contribution is 2.12. The predicted octanol–water partition coefficient (Wildman–Crippen LogP) is 2.17. The Bertz CT molecular complexity index is 574. The number of nitrogens with two attached hydrogens (primary N) is 1. The Balaban J connectivity index is 2.01. The summed E-state index contributed by atoms with van der Waals surface area (Å²) in [6.45, 7) is 4.83. The maximum absolute atomic E-state index is 11.1. The van der Waals surface area contributed by atoms with Gasteiger partial charge in [0.2, 0.25) is 5.91 Å². The van der Waals surface area contributed by atoms with Gasteiger partial charge >= 0.3 is 0 Å². The number of hydrogen-bond donors (Lipinski definition) is 2. The predicted molar refractivity (Wildman–Crippen MR) is 74.9 cm³/mol. The quantitative estimate of drug-likeness (QED) is 0.863. The van der Waals surface area contributed by atoms with Gasteiger partial charge < -0.3 is 11.1 Å². The van der Waals surface area contributed by atoms with Crippen molar-refractivity contribution in [1.82, 2.24) is 9.78 Å². The summed E-state index contributed by atoms with van der Waals surface area (Å²) in [5.74, 6) is -0.420. The van der Waals surface area contributed by atoms with Crippen LogP contribution in [0.3, 0.4) is 0 Å². The summed E-state index contributed by atoms with van der Waals surface area (Å²) in [7, 11) is 0. The van der Waals surface area contributed by atoms with Crippen LogP contribution >= 0.6 is 0 Å². The number of carbonyl (C=O) groups excluding carboxylic acids is 1. The fraction of sp³-hybridized carbons (Fsp3) is 0.286. The van der Waals surface area contributed by atoms with E-state index in [9.17, 15) is 4.79 Å². The summed E-state index contributed by atoms with van der Waals surface area (Å²) in [6, 6.07) is 7.51. The lowest BCUT2D eigenvalue weighted by molar-refractivity contribution is 0.100. The van der Waals surface area contributed by atoms with Crippen molar-refractivity contribution in [3.63, 3.8) is 0 Å². The zero-order valence-electron chi connectivity index (χ0n) is 11.1. The molecule has 0 saturated heterocycles. The van der Waals surface area contributed by atoms with Gasteiger partial charge in [0.25, 0.3) is 0 Å². The van der Waals surface area contributed by atoms with Gasteiger partial charge in [-0.1, -0.05) is 6.07 Å². The van der Waals surface area contributed by atoms with Crippen molar-refractivity contribution in [2.45, 2.75) is 26.4 Å². The van der Waals surface area contributed by atoms with Crippen LogP contribution in [-0.4, -0.2) is 15.7 Å². The second-order valence-electron chi connectivity index (χ2n) is 4.72. The van der Waals surface area contributed by atoms with E-state index >= 15 is 0 Å². The summed E-state index contributed by atoms with van der Waals surface area (Å²) < 4.78 is 1.91. The van der Waals surface area contributed by atoms with E-state index in [-0.39, 0.29) is 0 Å². The van der Waals surface area contributed by atoms with Crippen LogP contribution in [0, 0.1) is 0 Å². The maximum Gasteiger partial charge on any atom is 0.248 e. The molecule has 0 bridgehead atoms. The molecule has 19 heavy (non-hydrogen) atoms. The van der Waals surface area contributed by atoms with Gasteiger partial charge in [0.1, 0.15) is 0 Å². The third-order valence-electron chi connectivity index (χ3n) is 2.83. The molecule has 1 amide bonds. The number of nitrogens with one attached hydrogen (secondary N) is 1. The smallest absolute Gasteiger partial charge is 0.248 e. The molecule has 2 aromatic rings. The number of nitrogens with zero attached hydrogens (tertiary/aromatic N) is 2. The molecule has 5 heteroatoms. The molecule has 0 unspecified atom stereocenters. The Morgan fingerprint density at radius 1 is 1.47 bits per heavy atom. The Morgan fingerprint density at radius 3 is 2.89 bits per heavy atom. The molecule has 0 spiro atoms. The molecule has 0 atom stereocenters. The minimum atomic E-state index is -0.420. The highest BCUT2D eigenvalue weighted by molar-refractivity contribution is 5.93. The van der Waals surface area contributed by atoms with Crippen molar-refractivity contribution in [3.05, 3.63) is 47.8 Å². The van der Waals surface area contributed by atoms with Crippen molar-refractivity contribution < 1.29 is 4.79 Å². The first kappa shape index (κ1) is 13.1. The van der Waals surface area contributed by atoms with Crippen LogP contribution in [0.1, 0.15) is 35.8 Å². The highest BCUT2D eigenvalue weighted by atomic mass is 16.1. The molecule has 5 nitrogen and oxygen atoms in total. The second kappa shape index (κ2) is 5.56. The Morgan fingerprint density at radius 2 is 2.26 bits per heavy atom. The van der Waals surface area contributed by atoms with E-state index in [2.05, 4.69) is 24.3 Å². The monoisotopic (exact) mass is 258 g/mol. The van der Waals surface area contributed by atoms with Gasteiger partial charge in [0.15, 0.2) is 0 Å². The fourth-order valence-electron chi connectivity index (χ4n) is 1.74. The molecule has 0 radical (unpaired) electrons. The van der Waals surface area contributed by atoms with Crippen LogP contribution < -0.4 is 11.1 Å². The normalized spacial score (nSPS) is 10.7. The van der Waals surface area contributed by atoms with Crippen LogP contribution in [0.5, 0.6) is 0 Å². The Kier molecular flexibility index (Phi) is 3.85. The van der Waals surface area contributed by atoms with Gasteiger partial charge in [-0.15, -0.1) is 0 Å². The second-order valence-corrected chi connectivity index (χ2v) is 4.72. The number of aromatic nitrogens is 2. The number of carbonyl (C=O) groups is 1. The molecule has 100 valence electrons. The first-order valence-corrected chi connectivity index (χ1v) is 6.23. The molecule has 0 saturated carbocycles. The van der Waals surface area contributed by atoms with Crippen molar-refractivity contribution in [2.75, 3.05) is 5.32 Å². The summed E-state index contributed by atoms with van der Waals surface area (Å²) in [6.07, 6.45) is 3.85. The summed E-state index contributed by atoms with van der Waals surface area (Å²) in [5.41, 5.74) is 7.71. The summed E-state index contributed by atoms with van der Waals surface area (Å²) in [5, 5.41) is 7.52. The zero-order chi connectivity index (χ0) is 13.8. The molecule has 0 aliphatic heterocycles. The molecule has 0 fully saturated rings. The van der Waals surface area contributed by atoms with Crippen LogP contribution in [0.25, 0.3) is 0 Å². The zero-order valence-corrected chi connectivity index (χ0v) is 11.1. The third-order valence-corrected chi connectivity index (χ3v) is 2.83. The van der Waals surface area contributed by atoms with Crippen molar-refractivity contribution >= 4 is 11.6 Å². The lowest BCUT2D eigenvalue weighted by atomic mass is 10.2. The Labute approximate surface area is 112 Å². The number of hydrogen-bond acceptors (Lipinski definition) is 3. The fourth-order valence-corrected chi connectivity index (χ4v) is 1.74. The number of primary amides is 1. The van der Waals surface area contributed by atoms with Gasteiger partial charge in [-0.2, -0.15) is 5.10 Å². The molecule has 1 heterocycles. The van der Waals surface area contributed by atoms with Crippen LogP contribution in [-0.2, 0) is 6.54 Å². The lowest BCUT2D eigenvalue weighted by Crippen LogP contribution is -2.11. The molecule has 1 aromatic heterocycles. The van der Waals surface area contributed by atoms with E-state index in [0.29, 0.717) is 18.2 Å². The molecule has 1 aromatic carbocycles. The number of amides is 1. The minimum absolute atomic E-state index is 0.354. The average Bonchev–Trinajstić information content (AvgIpc) is 2.85. The van der Waals surface area contributed by atoms with E-state index in [1.54, 1.807) is 18.2 Å². The van der Waals surface area contributed by atoms with E-state index in [4.69, 9.17) is 5.73 Å². The van der Waals surface area contributed by atoms with Crippen molar-refractivity contribution in [1.29, 1.82) is 0 Å². The van der Waals surface area contributed by atoms with Gasteiger partial charge in [0, 0.05) is 35.6 Å². The number of anilines is 1. The van der Waals surface area contributed by atoms with Gasteiger partial charge in [-0.3, -0.25) is 9.48 Å². The number of rotatable bonds is 5. The minimum Gasteiger partial charge on any atom is -0.381 e. The maximum atomic E-state index is 11.1. The van der Waals surface area contributed by atoms with E-state index in [0.717, 1.165) is 11.3 Å². The van der Waals surface area contributed by atoms with Crippen molar-refractivity contribution in [2.24, 2.45) is 5.73 Å². The molecule has 3 N–H and O–H groups in total. The molecular formula is C14H18N4O. The SMILES string of the molecule is CC(C)n1cc(CNc2cccc(C(N)=O)c2)cn1. The Hall–Kier alpha value is -2.30. The van der Waals surface area contributed by atoms with Crippen LogP contribution in [0.15, 0.2) is 36.7 Å². The van der Waals surface area contributed by atoms with Crippen molar-refractivity contribution in [3.8, 4) is 0 Å². The molecule has 2 rings (SSSR count). The van der Waals surface area contributed by atoms with E-state index < -0.39 is 5.91 Å². The average molecular weight is 258 g/mol. The standard InChI is InChI=1S/C14H18N4O/c1-10(2)18-9-11(8-17-18)7-16-13-5-3-4-12(6-13)14(15)19/h3-6,8-10,16H,7H2,1-2H3,(H2,15,19). The molecule has 0 aliphatic carbocycles. The van der Waals surface area contributed by atoms with Gasteiger partial charge in [-0.05, 0) is 32.0 Å². The molecule has 0 aliphatic rings. The first-order valence-electron chi connectivity index (χ1n) is 6.23. The first-order chi connectivity index (χ1) is 9.06. The van der Waals surface area contributed by atoms with Crippen LogP contribution in [0.4, 0.5) is 5.69 Å². The van der Waals surface area contributed by atoms with E-state index in [1.165, 1.54) is 0 Å².